The van der Waals surface area contributed by atoms with Crippen LogP contribution in [-0.2, 0) is 13.0 Å². The molecule has 0 fully saturated rings. The zero-order valence-corrected chi connectivity index (χ0v) is 18.2. The summed E-state index contributed by atoms with van der Waals surface area (Å²) in [5.74, 6) is 0.902. The Morgan fingerprint density at radius 2 is 1.96 bits per heavy atom. The summed E-state index contributed by atoms with van der Waals surface area (Å²) in [6.07, 6.45) is 4.71. The largest absolute Gasteiger partial charge is 0.356 e. The highest BCUT2D eigenvalue weighted by molar-refractivity contribution is 14.0. The molecule has 130 valence electrons. The van der Waals surface area contributed by atoms with Gasteiger partial charge in [0.15, 0.2) is 5.96 Å². The number of aliphatic imine (C=N–C) groups is 1. The van der Waals surface area contributed by atoms with E-state index in [1.807, 2.05) is 19.4 Å². The average Bonchev–Trinajstić information content (AvgIpc) is 2.55. The topological polar surface area (TPSA) is 40.5 Å². The van der Waals surface area contributed by atoms with Crippen molar-refractivity contribution in [1.82, 2.24) is 15.2 Å². The van der Waals surface area contributed by atoms with Crippen molar-refractivity contribution in [3.05, 3.63) is 63.9 Å². The van der Waals surface area contributed by atoms with Gasteiger partial charge in [-0.3, -0.25) is 9.98 Å². The summed E-state index contributed by atoms with van der Waals surface area (Å²) in [4.78, 5) is 10.6. The third-order valence-electron chi connectivity index (χ3n) is 3.72. The van der Waals surface area contributed by atoms with E-state index in [0.717, 1.165) is 29.9 Å². The lowest BCUT2D eigenvalue weighted by Crippen LogP contribution is -2.39. The molecule has 0 spiro atoms. The van der Waals surface area contributed by atoms with E-state index in [9.17, 15) is 0 Å². The Hall–Kier alpha value is -1.15. The van der Waals surface area contributed by atoms with Gasteiger partial charge in [-0.15, -0.1) is 24.0 Å². The van der Waals surface area contributed by atoms with Crippen molar-refractivity contribution in [2.45, 2.75) is 19.9 Å². The quantitative estimate of drug-likeness (QED) is 0.381. The number of aromatic nitrogens is 1. The van der Waals surface area contributed by atoms with E-state index >= 15 is 0 Å². The van der Waals surface area contributed by atoms with Gasteiger partial charge in [0.1, 0.15) is 0 Å². The first kappa shape index (κ1) is 20.9. The average molecular weight is 503 g/mol. The molecule has 0 saturated heterocycles. The van der Waals surface area contributed by atoms with Gasteiger partial charge in [-0.25, -0.2) is 0 Å². The number of pyridine rings is 1. The van der Waals surface area contributed by atoms with Crippen LogP contribution in [0.5, 0.6) is 0 Å². The van der Waals surface area contributed by atoms with Crippen molar-refractivity contribution < 1.29 is 0 Å². The van der Waals surface area contributed by atoms with E-state index in [4.69, 9.17) is 0 Å². The number of nitrogens with zero attached hydrogens (tertiary/aromatic N) is 3. The molecule has 4 nitrogen and oxygen atoms in total. The van der Waals surface area contributed by atoms with Crippen molar-refractivity contribution in [3.8, 4) is 0 Å². The SMILES string of the molecule is CN=C(NCCc1ccncc1C)N(C)Cc1ccc(Br)cc1.I. The van der Waals surface area contributed by atoms with E-state index < -0.39 is 0 Å². The molecule has 0 aliphatic rings. The molecule has 0 aliphatic carbocycles. The molecular formula is C18H24BrIN4. The molecule has 0 amide bonds. The van der Waals surface area contributed by atoms with Crippen molar-refractivity contribution >= 4 is 45.9 Å². The fraction of sp³-hybridized carbons (Fsp3) is 0.333. The molecule has 1 aromatic carbocycles. The van der Waals surface area contributed by atoms with E-state index in [0.29, 0.717) is 0 Å². The second-order valence-corrected chi connectivity index (χ2v) is 6.42. The van der Waals surface area contributed by atoms with Crippen molar-refractivity contribution in [2.24, 2.45) is 4.99 Å². The summed E-state index contributed by atoms with van der Waals surface area (Å²) in [5, 5.41) is 3.42. The van der Waals surface area contributed by atoms with Gasteiger partial charge in [-0.05, 0) is 48.2 Å². The third kappa shape index (κ3) is 6.39. The smallest absolute Gasteiger partial charge is 0.193 e. The molecule has 2 rings (SSSR count). The van der Waals surface area contributed by atoms with Gasteiger partial charge >= 0.3 is 0 Å². The molecule has 24 heavy (non-hydrogen) atoms. The van der Waals surface area contributed by atoms with Gasteiger partial charge in [0, 0.05) is 44.1 Å². The van der Waals surface area contributed by atoms with Crippen LogP contribution in [-0.4, -0.2) is 36.5 Å². The monoisotopic (exact) mass is 502 g/mol. The maximum absolute atomic E-state index is 4.37. The van der Waals surface area contributed by atoms with E-state index in [1.165, 1.54) is 16.7 Å². The first-order chi connectivity index (χ1) is 11.1. The van der Waals surface area contributed by atoms with Gasteiger partial charge < -0.3 is 10.2 Å². The lowest BCUT2D eigenvalue weighted by molar-refractivity contribution is 0.477. The fourth-order valence-corrected chi connectivity index (χ4v) is 2.68. The molecule has 1 heterocycles. The van der Waals surface area contributed by atoms with Crippen molar-refractivity contribution in [1.29, 1.82) is 0 Å². The molecule has 0 radical (unpaired) electrons. The van der Waals surface area contributed by atoms with Crippen molar-refractivity contribution in [2.75, 3.05) is 20.6 Å². The fourth-order valence-electron chi connectivity index (χ4n) is 2.41. The first-order valence-corrected chi connectivity index (χ1v) is 8.45. The maximum atomic E-state index is 4.37. The van der Waals surface area contributed by atoms with Crippen LogP contribution in [0.2, 0.25) is 0 Å². The Morgan fingerprint density at radius 3 is 2.58 bits per heavy atom. The molecule has 6 heteroatoms. The van der Waals surface area contributed by atoms with Gasteiger partial charge in [0.2, 0.25) is 0 Å². The summed E-state index contributed by atoms with van der Waals surface area (Å²) in [5.41, 5.74) is 3.80. The van der Waals surface area contributed by atoms with Crippen LogP contribution in [0.3, 0.4) is 0 Å². The molecular weight excluding hydrogens is 479 g/mol. The Balaban J connectivity index is 0.00000288. The van der Waals surface area contributed by atoms with Crippen LogP contribution in [0.25, 0.3) is 0 Å². The standard InChI is InChI=1S/C18H23BrN4.HI/c1-14-12-21-10-8-16(14)9-11-22-18(20-2)23(3)13-15-4-6-17(19)7-5-15;/h4-8,10,12H,9,11,13H2,1-3H3,(H,20,22);1H. The summed E-state index contributed by atoms with van der Waals surface area (Å²) in [6, 6.07) is 10.4. The van der Waals surface area contributed by atoms with Crippen LogP contribution >= 0.6 is 39.9 Å². The van der Waals surface area contributed by atoms with E-state index in [-0.39, 0.29) is 24.0 Å². The highest BCUT2D eigenvalue weighted by Gasteiger charge is 2.07. The summed E-state index contributed by atoms with van der Waals surface area (Å²) >= 11 is 3.46. The minimum absolute atomic E-state index is 0. The zero-order chi connectivity index (χ0) is 16.7. The van der Waals surface area contributed by atoms with Crippen LogP contribution in [0.1, 0.15) is 16.7 Å². The second-order valence-electron chi connectivity index (χ2n) is 5.51. The first-order valence-electron chi connectivity index (χ1n) is 7.66. The lowest BCUT2D eigenvalue weighted by Gasteiger charge is -2.22. The second kappa shape index (κ2) is 10.7. The van der Waals surface area contributed by atoms with Crippen LogP contribution in [0.4, 0.5) is 0 Å². The van der Waals surface area contributed by atoms with Gasteiger partial charge in [-0.1, -0.05) is 28.1 Å². The van der Waals surface area contributed by atoms with E-state index in [1.54, 1.807) is 0 Å². The molecule has 1 aromatic heterocycles. The predicted molar refractivity (Wildman–Crippen MR) is 115 cm³/mol. The highest BCUT2D eigenvalue weighted by atomic mass is 127. The minimum Gasteiger partial charge on any atom is -0.356 e. The number of benzene rings is 1. The number of hydrogen-bond donors (Lipinski definition) is 1. The Labute approximate surface area is 169 Å². The van der Waals surface area contributed by atoms with Gasteiger partial charge in [0.05, 0.1) is 0 Å². The number of rotatable bonds is 5. The number of guanidine groups is 1. The molecule has 0 aliphatic heterocycles. The maximum Gasteiger partial charge on any atom is 0.193 e. The van der Waals surface area contributed by atoms with Crippen LogP contribution in [0.15, 0.2) is 52.2 Å². The minimum atomic E-state index is 0. The number of aryl methyl sites for hydroxylation is 1. The summed E-state index contributed by atoms with van der Waals surface area (Å²) < 4.78 is 1.10. The van der Waals surface area contributed by atoms with Crippen molar-refractivity contribution in [3.63, 3.8) is 0 Å². The van der Waals surface area contributed by atoms with Gasteiger partial charge in [0.25, 0.3) is 0 Å². The highest BCUT2D eigenvalue weighted by Crippen LogP contribution is 2.12. The summed E-state index contributed by atoms with van der Waals surface area (Å²) in [6.45, 7) is 3.76. The Kier molecular flexibility index (Phi) is 9.28. The number of nitrogens with one attached hydrogen (secondary N) is 1. The number of hydrogen-bond acceptors (Lipinski definition) is 2. The van der Waals surface area contributed by atoms with Crippen LogP contribution in [0, 0.1) is 6.92 Å². The molecule has 0 atom stereocenters. The Morgan fingerprint density at radius 1 is 1.25 bits per heavy atom. The molecule has 0 saturated carbocycles. The lowest BCUT2D eigenvalue weighted by atomic mass is 10.1. The molecule has 0 unspecified atom stereocenters. The molecule has 2 aromatic rings. The molecule has 1 N–H and O–H groups in total. The predicted octanol–water partition coefficient (Wildman–Crippen LogP) is 4.02. The Bertz CT molecular complexity index is 658. The normalized spacial score (nSPS) is 10.9. The zero-order valence-electron chi connectivity index (χ0n) is 14.3. The third-order valence-corrected chi connectivity index (χ3v) is 4.25. The summed E-state index contributed by atoms with van der Waals surface area (Å²) in [7, 11) is 3.87. The van der Waals surface area contributed by atoms with Gasteiger partial charge in [-0.2, -0.15) is 0 Å². The van der Waals surface area contributed by atoms with E-state index in [2.05, 4.69) is 80.4 Å². The van der Waals surface area contributed by atoms with Crippen LogP contribution < -0.4 is 5.32 Å². The molecule has 0 bridgehead atoms. The number of halogens is 2.